The molecule has 1 aliphatic heterocycles. The van der Waals surface area contributed by atoms with Gasteiger partial charge in [-0.3, -0.25) is 15.0 Å². The first kappa shape index (κ1) is 15.9. The van der Waals surface area contributed by atoms with E-state index in [0.717, 1.165) is 5.56 Å². The lowest BCUT2D eigenvalue weighted by molar-refractivity contribution is -0.384. The normalized spacial score (nSPS) is 24.3. The summed E-state index contributed by atoms with van der Waals surface area (Å²) in [5.41, 5.74) is 0.865. The van der Waals surface area contributed by atoms with Crippen molar-refractivity contribution in [3.8, 4) is 0 Å². The van der Waals surface area contributed by atoms with Crippen molar-refractivity contribution in [2.75, 3.05) is 18.1 Å². The van der Waals surface area contributed by atoms with Crippen molar-refractivity contribution in [2.45, 2.75) is 25.6 Å². The van der Waals surface area contributed by atoms with Gasteiger partial charge in [0.05, 0.1) is 28.6 Å². The van der Waals surface area contributed by atoms with Gasteiger partial charge in [-0.2, -0.15) is 0 Å². The van der Waals surface area contributed by atoms with Crippen molar-refractivity contribution >= 4 is 15.5 Å². The zero-order chi connectivity index (χ0) is 15.6. The molecule has 0 aromatic heterocycles. The molecule has 1 saturated heterocycles. The number of hydrogen-bond acceptors (Lipinski definition) is 6. The molecule has 1 heterocycles. The first-order valence-electron chi connectivity index (χ1n) is 6.68. The Bertz CT molecular complexity index is 614. The maximum absolute atomic E-state index is 11.6. The second-order valence-corrected chi connectivity index (χ2v) is 7.35. The Morgan fingerprint density at radius 3 is 2.38 bits per heavy atom. The van der Waals surface area contributed by atoms with E-state index in [1.807, 2.05) is 11.8 Å². The third-order valence-electron chi connectivity index (χ3n) is 3.70. The molecule has 21 heavy (non-hydrogen) atoms. The zero-order valence-electron chi connectivity index (χ0n) is 11.7. The third-order valence-corrected chi connectivity index (χ3v) is 5.40. The molecule has 2 rings (SSSR count). The van der Waals surface area contributed by atoms with E-state index in [-0.39, 0.29) is 17.2 Å². The average molecular weight is 314 g/mol. The van der Waals surface area contributed by atoms with Gasteiger partial charge in [0.1, 0.15) is 0 Å². The van der Waals surface area contributed by atoms with Crippen LogP contribution in [0, 0.1) is 10.1 Å². The predicted octanol–water partition coefficient (Wildman–Crippen LogP) is 0.575. The minimum atomic E-state index is -3.19. The van der Waals surface area contributed by atoms with Crippen LogP contribution in [0.15, 0.2) is 24.3 Å². The van der Waals surface area contributed by atoms with Crippen LogP contribution in [0.2, 0.25) is 0 Å². The summed E-state index contributed by atoms with van der Waals surface area (Å²) in [7, 11) is -3.19. The minimum absolute atomic E-state index is 0.0188. The topological polar surface area (TPSA) is 101 Å². The van der Waals surface area contributed by atoms with E-state index in [0.29, 0.717) is 13.1 Å². The van der Waals surface area contributed by atoms with Gasteiger partial charge in [-0.1, -0.05) is 19.1 Å². The van der Waals surface area contributed by atoms with Gasteiger partial charge < -0.3 is 5.11 Å². The van der Waals surface area contributed by atoms with Crippen molar-refractivity contribution < 1.29 is 18.4 Å². The van der Waals surface area contributed by atoms with Crippen LogP contribution in [-0.4, -0.2) is 53.5 Å². The smallest absolute Gasteiger partial charge is 0.269 e. The number of hydrogen-bond donors (Lipinski definition) is 1. The summed E-state index contributed by atoms with van der Waals surface area (Å²) >= 11 is 0. The molecule has 0 amide bonds. The van der Waals surface area contributed by atoms with Crippen LogP contribution in [0.1, 0.15) is 12.5 Å². The number of rotatable bonds is 5. The fourth-order valence-corrected chi connectivity index (χ4v) is 4.41. The quantitative estimate of drug-likeness (QED) is 0.630. The van der Waals surface area contributed by atoms with Crippen LogP contribution in [-0.2, 0) is 16.4 Å². The lowest BCUT2D eigenvalue weighted by Gasteiger charge is -2.28. The zero-order valence-corrected chi connectivity index (χ0v) is 12.5. The number of aliphatic hydroxyl groups excluding tert-OH is 1. The summed E-state index contributed by atoms with van der Waals surface area (Å²) in [6.45, 7) is 2.93. The van der Waals surface area contributed by atoms with E-state index in [4.69, 9.17) is 0 Å². The summed E-state index contributed by atoms with van der Waals surface area (Å²) in [4.78, 5) is 12.0. The fourth-order valence-electron chi connectivity index (χ4n) is 2.58. The number of aliphatic hydroxyl groups is 1. The SMILES string of the molecule is CCN(Cc1ccc([N+](=O)[O-])cc1)[C@H]1CS(=O)(=O)C[C@@H]1O. The number of non-ortho nitro benzene ring substituents is 1. The van der Waals surface area contributed by atoms with Crippen LogP contribution in [0.25, 0.3) is 0 Å². The minimum Gasteiger partial charge on any atom is -0.390 e. The first-order chi connectivity index (χ1) is 9.82. The Morgan fingerprint density at radius 2 is 1.95 bits per heavy atom. The Labute approximate surface area is 123 Å². The van der Waals surface area contributed by atoms with Crippen molar-refractivity contribution in [1.29, 1.82) is 0 Å². The van der Waals surface area contributed by atoms with Gasteiger partial charge in [-0.25, -0.2) is 8.42 Å². The molecular formula is C13H18N2O5S. The molecule has 0 saturated carbocycles. The highest BCUT2D eigenvalue weighted by atomic mass is 32.2. The number of benzene rings is 1. The molecule has 1 fully saturated rings. The van der Waals surface area contributed by atoms with Crippen molar-refractivity contribution in [3.05, 3.63) is 39.9 Å². The largest absolute Gasteiger partial charge is 0.390 e. The first-order valence-corrected chi connectivity index (χ1v) is 8.50. The second kappa shape index (κ2) is 6.08. The van der Waals surface area contributed by atoms with Crippen LogP contribution in [0.4, 0.5) is 5.69 Å². The fraction of sp³-hybridized carbons (Fsp3) is 0.538. The van der Waals surface area contributed by atoms with E-state index in [1.54, 1.807) is 12.1 Å². The lowest BCUT2D eigenvalue weighted by atomic mass is 10.1. The molecule has 1 aromatic carbocycles. The monoisotopic (exact) mass is 314 g/mol. The Kier molecular flexibility index (Phi) is 4.60. The van der Waals surface area contributed by atoms with E-state index in [9.17, 15) is 23.6 Å². The van der Waals surface area contributed by atoms with Crippen LogP contribution < -0.4 is 0 Å². The van der Waals surface area contributed by atoms with Crippen LogP contribution in [0.3, 0.4) is 0 Å². The number of nitro benzene ring substituents is 1. The van der Waals surface area contributed by atoms with Gasteiger partial charge >= 0.3 is 0 Å². The second-order valence-electron chi connectivity index (χ2n) is 5.20. The highest BCUT2D eigenvalue weighted by Gasteiger charge is 2.39. The molecular weight excluding hydrogens is 296 g/mol. The van der Waals surface area contributed by atoms with Gasteiger partial charge in [-0.15, -0.1) is 0 Å². The highest BCUT2D eigenvalue weighted by Crippen LogP contribution is 2.21. The molecule has 0 aliphatic carbocycles. The molecule has 0 radical (unpaired) electrons. The molecule has 2 atom stereocenters. The van der Waals surface area contributed by atoms with E-state index in [2.05, 4.69) is 0 Å². The molecule has 1 N–H and O–H groups in total. The lowest BCUT2D eigenvalue weighted by Crippen LogP contribution is -2.42. The Hall–Kier alpha value is -1.51. The maximum Gasteiger partial charge on any atom is 0.269 e. The van der Waals surface area contributed by atoms with Gasteiger partial charge in [0, 0.05) is 18.7 Å². The standard InChI is InChI=1S/C13H18N2O5S/c1-2-14(12-8-21(19,20)9-13(12)16)7-10-3-5-11(6-4-10)15(17)18/h3-6,12-13,16H,2,7-9H2,1H3/t12-,13-/m0/s1. The molecule has 1 aliphatic rings. The van der Waals surface area contributed by atoms with Gasteiger partial charge in [-0.05, 0) is 12.1 Å². The molecule has 7 nitrogen and oxygen atoms in total. The van der Waals surface area contributed by atoms with E-state index in [1.165, 1.54) is 12.1 Å². The van der Waals surface area contributed by atoms with E-state index < -0.39 is 26.9 Å². The van der Waals surface area contributed by atoms with Crippen LogP contribution >= 0.6 is 0 Å². The van der Waals surface area contributed by atoms with Crippen molar-refractivity contribution in [1.82, 2.24) is 4.90 Å². The number of likely N-dealkylation sites (N-methyl/N-ethyl adjacent to an activating group) is 1. The van der Waals surface area contributed by atoms with Crippen LogP contribution in [0.5, 0.6) is 0 Å². The van der Waals surface area contributed by atoms with Crippen molar-refractivity contribution in [3.63, 3.8) is 0 Å². The molecule has 1 aromatic rings. The van der Waals surface area contributed by atoms with Crippen molar-refractivity contribution in [2.24, 2.45) is 0 Å². The molecule has 8 heteroatoms. The van der Waals surface area contributed by atoms with E-state index >= 15 is 0 Å². The summed E-state index contributed by atoms with van der Waals surface area (Å²) < 4.78 is 23.2. The third kappa shape index (κ3) is 3.78. The maximum atomic E-state index is 11.6. The van der Waals surface area contributed by atoms with Gasteiger partial charge in [0.15, 0.2) is 9.84 Å². The molecule has 0 unspecified atom stereocenters. The molecule has 0 bridgehead atoms. The number of nitrogens with zero attached hydrogens (tertiary/aromatic N) is 2. The summed E-state index contributed by atoms with van der Waals surface area (Å²) in [6.07, 6.45) is -0.881. The average Bonchev–Trinajstić information content (AvgIpc) is 2.69. The predicted molar refractivity (Wildman–Crippen MR) is 77.6 cm³/mol. The number of sulfone groups is 1. The summed E-state index contributed by atoms with van der Waals surface area (Å²) in [6, 6.07) is 5.72. The Morgan fingerprint density at radius 1 is 1.33 bits per heavy atom. The van der Waals surface area contributed by atoms with Gasteiger partial charge in [0.25, 0.3) is 5.69 Å². The molecule has 116 valence electrons. The van der Waals surface area contributed by atoms with Gasteiger partial charge in [0.2, 0.25) is 0 Å². The number of nitro groups is 1. The summed E-state index contributed by atoms with van der Waals surface area (Å²) in [5, 5.41) is 20.5. The molecule has 0 spiro atoms. The Balaban J connectivity index is 2.10. The highest BCUT2D eigenvalue weighted by molar-refractivity contribution is 7.91. The summed E-state index contributed by atoms with van der Waals surface area (Å²) in [5.74, 6) is -0.247.